The number of pyridine rings is 1. The molecule has 0 unspecified atom stereocenters. The first-order chi connectivity index (χ1) is 29.5. The molecule has 338 valence electrons. The topological polar surface area (TPSA) is 194 Å². The number of sulfonamides is 1. The summed E-state index contributed by atoms with van der Waals surface area (Å²) in [4.78, 5) is 63.1. The second-order valence-corrected chi connectivity index (χ2v) is 22.1. The third-order valence-electron chi connectivity index (χ3n) is 14.0. The van der Waals surface area contributed by atoms with Crippen molar-refractivity contribution in [3.05, 3.63) is 42.5 Å². The van der Waals surface area contributed by atoms with Crippen molar-refractivity contribution in [2.75, 3.05) is 19.7 Å². The van der Waals surface area contributed by atoms with Gasteiger partial charge in [0.15, 0.2) is 0 Å². The van der Waals surface area contributed by atoms with E-state index in [9.17, 15) is 27.6 Å². The average molecular weight is 877 g/mol. The molecule has 0 radical (unpaired) electrons. The number of aromatic nitrogens is 1. The van der Waals surface area contributed by atoms with Crippen LogP contribution in [0.2, 0.25) is 0 Å². The van der Waals surface area contributed by atoms with E-state index < -0.39 is 73.6 Å². The van der Waals surface area contributed by atoms with E-state index in [2.05, 4.69) is 27.3 Å². The highest BCUT2D eigenvalue weighted by atomic mass is 32.2. The van der Waals surface area contributed by atoms with Gasteiger partial charge in [0.25, 0.3) is 5.91 Å². The number of hydrogen-bond acceptors (Lipinski definition) is 11. The standard InChI is InChI=1S/C46H64N6O9S/c1-6-29-26-46(29,42(55)51-62(57,58)45(5)20-21-45)50-39(53)35-25-31-27-52(35)41(54)38(44(2,3)4)49-43(56)61-36-24-28(36)14-8-7-9-18-33-37(59-23-13-22-47-30-15-12-16-30)32-17-10-11-19-34(32)48-40(33)60-31/h6,10-11,17,19,28-31,35-36,38,47H,1,7-9,12-16,18,20-27H2,2-5H3,(H,49,56)(H,50,53)(H,51,55)/t28-,29-,31-,35+,36-,38-,46-/m1/s1. The lowest BCUT2D eigenvalue weighted by atomic mass is 9.85. The predicted molar refractivity (Wildman–Crippen MR) is 233 cm³/mol. The van der Waals surface area contributed by atoms with Gasteiger partial charge in [-0.15, -0.1) is 6.58 Å². The third-order valence-corrected chi connectivity index (χ3v) is 16.2. The monoisotopic (exact) mass is 876 g/mol. The van der Waals surface area contributed by atoms with Crippen molar-refractivity contribution in [1.29, 1.82) is 0 Å². The number of para-hydroxylation sites is 1. The summed E-state index contributed by atoms with van der Waals surface area (Å²) in [6, 6.07) is 6.16. The summed E-state index contributed by atoms with van der Waals surface area (Å²) in [7, 11) is -4.01. The number of carbonyl (C=O) groups excluding carboxylic acids is 4. The van der Waals surface area contributed by atoms with E-state index in [-0.39, 0.29) is 31.4 Å². The molecule has 4 aliphatic carbocycles. The Morgan fingerprint density at radius 3 is 2.53 bits per heavy atom. The molecular formula is C46H64N6O9S. The van der Waals surface area contributed by atoms with Crippen LogP contribution in [-0.4, -0.2) is 102 Å². The summed E-state index contributed by atoms with van der Waals surface area (Å²) in [6.45, 7) is 12.2. The summed E-state index contributed by atoms with van der Waals surface area (Å²) >= 11 is 0. The fraction of sp³-hybridized carbons (Fsp3) is 0.674. The molecule has 2 aromatic rings. The highest BCUT2D eigenvalue weighted by Crippen LogP contribution is 2.47. The molecule has 4 N–H and O–H groups in total. The van der Waals surface area contributed by atoms with Gasteiger partial charge in [-0.1, -0.05) is 58.2 Å². The van der Waals surface area contributed by atoms with E-state index in [1.54, 1.807) is 6.92 Å². The molecule has 1 aromatic carbocycles. The zero-order valence-electron chi connectivity index (χ0n) is 36.6. The zero-order valence-corrected chi connectivity index (χ0v) is 37.4. The number of ether oxygens (including phenoxy) is 3. The van der Waals surface area contributed by atoms with Crippen molar-refractivity contribution >= 4 is 44.7 Å². The first-order valence-electron chi connectivity index (χ1n) is 22.8. The van der Waals surface area contributed by atoms with Crippen LogP contribution in [0.25, 0.3) is 10.9 Å². The smallest absolute Gasteiger partial charge is 0.408 e. The highest BCUT2D eigenvalue weighted by Gasteiger charge is 2.63. The van der Waals surface area contributed by atoms with Crippen molar-refractivity contribution in [1.82, 2.24) is 30.6 Å². The van der Waals surface area contributed by atoms with Crippen LogP contribution in [0.3, 0.4) is 0 Å². The summed E-state index contributed by atoms with van der Waals surface area (Å²) in [5.41, 5.74) is -0.844. The van der Waals surface area contributed by atoms with Gasteiger partial charge in [0.05, 0.1) is 29.0 Å². The number of nitrogens with one attached hydrogen (secondary N) is 4. The summed E-state index contributed by atoms with van der Waals surface area (Å²) < 4.78 is 46.8. The van der Waals surface area contributed by atoms with Crippen molar-refractivity contribution in [2.45, 2.75) is 158 Å². The predicted octanol–water partition coefficient (Wildman–Crippen LogP) is 5.20. The molecule has 2 aliphatic heterocycles. The van der Waals surface area contributed by atoms with Crippen LogP contribution in [-0.2, 0) is 35.6 Å². The van der Waals surface area contributed by atoms with Crippen LogP contribution < -0.4 is 30.1 Å². The van der Waals surface area contributed by atoms with E-state index in [4.69, 9.17) is 19.2 Å². The number of nitrogens with zero attached hydrogens (tertiary/aromatic N) is 2. The van der Waals surface area contributed by atoms with Gasteiger partial charge in [-0.25, -0.2) is 18.2 Å². The van der Waals surface area contributed by atoms with E-state index in [1.165, 1.54) is 30.2 Å². The summed E-state index contributed by atoms with van der Waals surface area (Å²) in [6.07, 6.45) is 10.5. The van der Waals surface area contributed by atoms with Crippen LogP contribution in [0.4, 0.5) is 4.79 Å². The largest absolute Gasteiger partial charge is 0.492 e. The quantitative estimate of drug-likeness (QED) is 0.162. The third kappa shape index (κ3) is 9.27. The molecule has 16 heteroatoms. The minimum Gasteiger partial charge on any atom is -0.492 e. The number of hydrogen-bond donors (Lipinski definition) is 4. The second kappa shape index (κ2) is 17.3. The van der Waals surface area contributed by atoms with Crippen molar-refractivity contribution in [2.24, 2.45) is 17.3 Å². The van der Waals surface area contributed by atoms with Crippen LogP contribution in [0, 0.1) is 17.3 Å². The molecule has 2 bridgehead atoms. The molecule has 1 aromatic heterocycles. The number of rotatable bonds is 12. The zero-order chi connectivity index (χ0) is 44.0. The lowest BCUT2D eigenvalue weighted by molar-refractivity contribution is -0.142. The molecular weight excluding hydrogens is 813 g/mol. The van der Waals surface area contributed by atoms with Gasteiger partial charge >= 0.3 is 6.09 Å². The molecule has 62 heavy (non-hydrogen) atoms. The van der Waals surface area contributed by atoms with Gasteiger partial charge < -0.3 is 35.1 Å². The van der Waals surface area contributed by atoms with Crippen LogP contribution in [0.15, 0.2) is 36.9 Å². The average Bonchev–Trinajstić information content (AvgIpc) is 4.16. The second-order valence-electron chi connectivity index (χ2n) is 19.9. The molecule has 4 saturated carbocycles. The maximum absolute atomic E-state index is 14.9. The Hall–Kier alpha value is -4.44. The van der Waals surface area contributed by atoms with Crippen molar-refractivity contribution in [3.63, 3.8) is 0 Å². The molecule has 1 saturated heterocycles. The maximum Gasteiger partial charge on any atom is 0.408 e. The van der Waals surface area contributed by atoms with Gasteiger partial charge in [0.2, 0.25) is 27.7 Å². The van der Waals surface area contributed by atoms with Gasteiger partial charge in [-0.2, -0.15) is 0 Å². The van der Waals surface area contributed by atoms with E-state index in [0.29, 0.717) is 43.3 Å². The van der Waals surface area contributed by atoms with Gasteiger partial charge in [-0.3, -0.25) is 19.1 Å². The molecule has 8 rings (SSSR count). The van der Waals surface area contributed by atoms with Crippen LogP contribution in [0.1, 0.15) is 117 Å². The fourth-order valence-electron chi connectivity index (χ4n) is 9.16. The number of fused-ring (bicyclic) bond motifs is 5. The van der Waals surface area contributed by atoms with Gasteiger partial charge in [0.1, 0.15) is 35.6 Å². The molecule has 6 aliphatic rings. The molecule has 0 spiro atoms. The first-order valence-corrected chi connectivity index (χ1v) is 24.2. The number of alkyl carbamates (subject to hydrolysis) is 1. The van der Waals surface area contributed by atoms with Gasteiger partial charge in [-0.05, 0) is 101 Å². The molecule has 3 heterocycles. The van der Waals surface area contributed by atoms with E-state index in [1.807, 2.05) is 45.0 Å². The minimum atomic E-state index is -4.01. The molecule has 7 atom stereocenters. The molecule has 5 fully saturated rings. The van der Waals surface area contributed by atoms with Crippen LogP contribution in [0.5, 0.6) is 11.6 Å². The Kier molecular flexibility index (Phi) is 12.3. The fourth-order valence-corrected chi connectivity index (χ4v) is 10.5. The number of carbonyl (C=O) groups is 4. The first kappa shape index (κ1) is 44.2. The van der Waals surface area contributed by atoms with Crippen LogP contribution >= 0.6 is 0 Å². The maximum atomic E-state index is 14.9. The Labute approximate surface area is 365 Å². The Bertz CT molecular complexity index is 2190. The SMILES string of the molecule is C=C[C@@H]1C[C@]1(NC(=O)[C@@H]1C[C@@H]2CN1C(=O)[C@H](C(C)(C)C)NC(=O)O[C@@H]1C[C@H]1CCCCCc1c(nc3ccccc3c1OCCCNC1CCC1)O2)C(=O)NS(=O)(=O)C1(C)CC1. The van der Waals surface area contributed by atoms with Gasteiger partial charge in [0, 0.05) is 23.8 Å². The highest BCUT2D eigenvalue weighted by molar-refractivity contribution is 7.91. The lowest BCUT2D eigenvalue weighted by Gasteiger charge is -2.35. The Morgan fingerprint density at radius 1 is 1.06 bits per heavy atom. The Morgan fingerprint density at radius 2 is 1.84 bits per heavy atom. The minimum absolute atomic E-state index is 0.0291. The van der Waals surface area contributed by atoms with Crippen molar-refractivity contribution in [3.8, 4) is 11.6 Å². The summed E-state index contributed by atoms with van der Waals surface area (Å²) in [5.74, 6) is -1.18. The summed E-state index contributed by atoms with van der Waals surface area (Å²) in [5, 5.41) is 10.2. The van der Waals surface area contributed by atoms with Crippen molar-refractivity contribution < 1.29 is 41.8 Å². The molecule has 4 amide bonds. The lowest BCUT2D eigenvalue weighted by Crippen LogP contribution is -2.60. The normalized spacial score (nSPS) is 29.8. The van der Waals surface area contributed by atoms with E-state index >= 15 is 0 Å². The number of benzene rings is 1. The number of amides is 4. The Balaban J connectivity index is 1.11. The molecule has 15 nitrogen and oxygen atoms in total. The van der Waals surface area contributed by atoms with E-state index in [0.717, 1.165) is 61.8 Å².